The third kappa shape index (κ3) is 3.46. The van der Waals surface area contributed by atoms with Gasteiger partial charge in [0.1, 0.15) is 0 Å². The predicted molar refractivity (Wildman–Crippen MR) is 79.6 cm³/mol. The Labute approximate surface area is 128 Å². The molecule has 1 amide bonds. The van der Waals surface area contributed by atoms with Gasteiger partial charge < -0.3 is 10.4 Å². The smallest absolute Gasteiger partial charge is 0.226 e. The molecule has 114 valence electrons. The van der Waals surface area contributed by atoms with Gasteiger partial charge in [0.15, 0.2) is 0 Å². The molecule has 1 aliphatic rings. The van der Waals surface area contributed by atoms with E-state index in [-0.39, 0.29) is 30.4 Å². The molecule has 3 rings (SSSR count). The Hall–Kier alpha value is -2.34. The second-order valence-electron chi connectivity index (χ2n) is 5.56. The molecule has 1 aliphatic carbocycles. The molecule has 6 heteroatoms. The minimum Gasteiger partial charge on any atom is -0.393 e. The molecule has 1 saturated carbocycles. The zero-order valence-electron chi connectivity index (χ0n) is 12.1. The number of pyridine rings is 1. The van der Waals surface area contributed by atoms with Crippen LogP contribution in [0.25, 0.3) is 0 Å². The molecule has 0 spiro atoms. The summed E-state index contributed by atoms with van der Waals surface area (Å²) in [5.41, 5.74) is 1.46. The van der Waals surface area contributed by atoms with E-state index in [2.05, 4.69) is 20.3 Å². The highest BCUT2D eigenvalue weighted by molar-refractivity contribution is 5.78. The molecule has 2 aromatic heterocycles. The van der Waals surface area contributed by atoms with Crippen molar-refractivity contribution < 1.29 is 9.90 Å². The zero-order chi connectivity index (χ0) is 15.4. The van der Waals surface area contributed by atoms with E-state index in [1.807, 2.05) is 18.2 Å². The molecule has 2 N–H and O–H groups in total. The molecular formula is C16H18N4O2. The second-order valence-corrected chi connectivity index (χ2v) is 5.56. The number of carbonyl (C=O) groups excluding carboxylic acids is 1. The van der Waals surface area contributed by atoms with Gasteiger partial charge in [0.05, 0.1) is 30.0 Å². The van der Waals surface area contributed by atoms with Crippen LogP contribution in [-0.4, -0.2) is 32.1 Å². The largest absolute Gasteiger partial charge is 0.393 e. The average Bonchev–Trinajstić information content (AvgIpc) is 2.52. The van der Waals surface area contributed by atoms with Gasteiger partial charge in [-0.25, -0.2) is 0 Å². The lowest BCUT2D eigenvalue weighted by Crippen LogP contribution is -2.42. The molecule has 0 aromatic carbocycles. The van der Waals surface area contributed by atoms with Gasteiger partial charge in [0.25, 0.3) is 0 Å². The van der Waals surface area contributed by atoms with Gasteiger partial charge in [-0.1, -0.05) is 6.07 Å². The quantitative estimate of drug-likeness (QED) is 0.861. The van der Waals surface area contributed by atoms with Crippen molar-refractivity contribution in [1.29, 1.82) is 0 Å². The van der Waals surface area contributed by atoms with Gasteiger partial charge in [-0.3, -0.25) is 19.7 Å². The maximum absolute atomic E-state index is 12.3. The monoisotopic (exact) mass is 298 g/mol. The van der Waals surface area contributed by atoms with Crippen LogP contribution in [0.15, 0.2) is 43.0 Å². The van der Waals surface area contributed by atoms with Crippen LogP contribution in [0.3, 0.4) is 0 Å². The fraction of sp³-hybridized carbons (Fsp3) is 0.375. The van der Waals surface area contributed by atoms with E-state index in [1.165, 1.54) is 0 Å². The van der Waals surface area contributed by atoms with Crippen LogP contribution >= 0.6 is 0 Å². The van der Waals surface area contributed by atoms with E-state index < -0.39 is 0 Å². The molecule has 2 heterocycles. The maximum atomic E-state index is 12.3. The van der Waals surface area contributed by atoms with Gasteiger partial charge in [-0.05, 0) is 30.9 Å². The Kier molecular flexibility index (Phi) is 4.39. The third-order valence-electron chi connectivity index (χ3n) is 3.90. The molecule has 22 heavy (non-hydrogen) atoms. The number of amides is 1. The van der Waals surface area contributed by atoms with Crippen molar-refractivity contribution in [2.75, 3.05) is 0 Å². The van der Waals surface area contributed by atoms with Crippen molar-refractivity contribution >= 4 is 5.91 Å². The number of aliphatic hydroxyl groups is 1. The summed E-state index contributed by atoms with van der Waals surface area (Å²) in [6, 6.07) is 5.48. The number of aliphatic hydroxyl groups excluding tert-OH is 1. The minimum absolute atomic E-state index is 0.113. The summed E-state index contributed by atoms with van der Waals surface area (Å²) in [6.45, 7) is 0. The van der Waals surface area contributed by atoms with Gasteiger partial charge in [0, 0.05) is 24.8 Å². The zero-order valence-corrected chi connectivity index (χ0v) is 12.1. The standard InChI is InChI=1S/C16H18N4O2/c21-13-7-11(8-13)16(14-3-1-2-4-19-14)20-15(22)9-12-10-17-5-6-18-12/h1-6,10-11,13,16,21H,7-9H2,(H,20,22). The summed E-state index contributed by atoms with van der Waals surface area (Å²) in [5.74, 6) is 0.105. The lowest BCUT2D eigenvalue weighted by Gasteiger charge is -2.37. The summed E-state index contributed by atoms with van der Waals surface area (Å²) in [5, 5.41) is 12.6. The summed E-state index contributed by atoms with van der Waals surface area (Å²) in [7, 11) is 0. The van der Waals surface area contributed by atoms with Crippen molar-refractivity contribution in [3.63, 3.8) is 0 Å². The normalized spacial score (nSPS) is 21.7. The predicted octanol–water partition coefficient (Wildman–Crippen LogP) is 1.04. The molecular weight excluding hydrogens is 280 g/mol. The lowest BCUT2D eigenvalue weighted by atomic mass is 9.76. The minimum atomic E-state index is -0.270. The highest BCUT2D eigenvalue weighted by Crippen LogP contribution is 2.37. The fourth-order valence-corrected chi connectivity index (χ4v) is 2.71. The topological polar surface area (TPSA) is 88.0 Å². The van der Waals surface area contributed by atoms with Gasteiger partial charge in [-0.2, -0.15) is 0 Å². The molecule has 0 saturated heterocycles. The van der Waals surface area contributed by atoms with Gasteiger partial charge in [-0.15, -0.1) is 0 Å². The summed E-state index contributed by atoms with van der Waals surface area (Å²) in [4.78, 5) is 24.7. The first-order valence-corrected chi connectivity index (χ1v) is 7.35. The molecule has 0 bridgehead atoms. The van der Waals surface area contributed by atoms with E-state index in [1.54, 1.807) is 24.8 Å². The van der Waals surface area contributed by atoms with Crippen LogP contribution in [-0.2, 0) is 11.2 Å². The SMILES string of the molecule is O=C(Cc1cnccn1)NC(c1ccccn1)C1CC(O)C1. The molecule has 0 radical (unpaired) electrons. The molecule has 1 fully saturated rings. The number of nitrogens with one attached hydrogen (secondary N) is 1. The number of nitrogens with zero attached hydrogens (tertiary/aromatic N) is 3. The Morgan fingerprint density at radius 2 is 2.14 bits per heavy atom. The van der Waals surface area contributed by atoms with Crippen molar-refractivity contribution in [3.8, 4) is 0 Å². The third-order valence-corrected chi connectivity index (χ3v) is 3.90. The van der Waals surface area contributed by atoms with Crippen molar-refractivity contribution in [2.45, 2.75) is 31.4 Å². The maximum Gasteiger partial charge on any atom is 0.226 e. The average molecular weight is 298 g/mol. The van der Waals surface area contributed by atoms with Crippen molar-refractivity contribution in [1.82, 2.24) is 20.3 Å². The number of rotatable bonds is 5. The Bertz CT molecular complexity index is 615. The molecule has 6 nitrogen and oxygen atoms in total. The van der Waals surface area contributed by atoms with Crippen LogP contribution in [0.1, 0.15) is 30.3 Å². The van der Waals surface area contributed by atoms with Gasteiger partial charge >= 0.3 is 0 Å². The molecule has 1 unspecified atom stereocenters. The van der Waals surface area contributed by atoms with Crippen LogP contribution in [0.4, 0.5) is 0 Å². The second kappa shape index (κ2) is 6.62. The van der Waals surface area contributed by atoms with Crippen molar-refractivity contribution in [2.24, 2.45) is 5.92 Å². The number of carbonyl (C=O) groups is 1. The van der Waals surface area contributed by atoms with Crippen molar-refractivity contribution in [3.05, 3.63) is 54.4 Å². The highest BCUT2D eigenvalue weighted by Gasteiger charge is 2.36. The molecule has 0 aliphatic heterocycles. The molecule has 1 atom stereocenters. The Balaban J connectivity index is 1.69. The highest BCUT2D eigenvalue weighted by atomic mass is 16.3. The Morgan fingerprint density at radius 1 is 1.27 bits per heavy atom. The number of hydrogen-bond acceptors (Lipinski definition) is 5. The van der Waals surface area contributed by atoms with E-state index >= 15 is 0 Å². The van der Waals surface area contributed by atoms with E-state index in [4.69, 9.17) is 0 Å². The van der Waals surface area contributed by atoms with E-state index in [9.17, 15) is 9.90 Å². The van der Waals surface area contributed by atoms with E-state index in [0.717, 1.165) is 5.69 Å². The first kappa shape index (κ1) is 14.6. The summed E-state index contributed by atoms with van der Waals surface area (Å²) < 4.78 is 0. The summed E-state index contributed by atoms with van der Waals surface area (Å²) >= 11 is 0. The number of aromatic nitrogens is 3. The Morgan fingerprint density at radius 3 is 2.77 bits per heavy atom. The van der Waals surface area contributed by atoms with Crippen LogP contribution in [0.2, 0.25) is 0 Å². The van der Waals surface area contributed by atoms with Crippen LogP contribution in [0.5, 0.6) is 0 Å². The molecule has 2 aromatic rings. The number of hydrogen-bond donors (Lipinski definition) is 2. The van der Waals surface area contributed by atoms with Crippen LogP contribution in [0, 0.1) is 5.92 Å². The first-order valence-electron chi connectivity index (χ1n) is 7.35. The fourth-order valence-electron chi connectivity index (χ4n) is 2.71. The van der Waals surface area contributed by atoms with Crippen LogP contribution < -0.4 is 5.32 Å². The lowest BCUT2D eigenvalue weighted by molar-refractivity contribution is -0.122. The summed E-state index contributed by atoms with van der Waals surface area (Å²) in [6.07, 6.45) is 7.74. The van der Waals surface area contributed by atoms with E-state index in [0.29, 0.717) is 18.5 Å². The van der Waals surface area contributed by atoms with Gasteiger partial charge in [0.2, 0.25) is 5.91 Å². The first-order chi connectivity index (χ1) is 10.7.